The molecule has 1 aliphatic rings. The molecule has 0 N–H and O–H groups in total. The molecule has 0 saturated carbocycles. The van der Waals surface area contributed by atoms with Crippen molar-refractivity contribution in [2.75, 3.05) is 27.4 Å². The lowest BCUT2D eigenvalue weighted by Gasteiger charge is -2.36. The second-order valence-electron chi connectivity index (χ2n) is 6.77. The maximum Gasteiger partial charge on any atom is 0.143 e. The maximum atomic E-state index is 6.65. The first-order chi connectivity index (χ1) is 13.8. The van der Waals surface area contributed by atoms with Crippen LogP contribution in [0.25, 0.3) is 0 Å². The van der Waals surface area contributed by atoms with Crippen LogP contribution in [0.15, 0.2) is 78.9 Å². The van der Waals surface area contributed by atoms with Crippen LogP contribution >= 0.6 is 0 Å². The molecule has 4 heteroatoms. The third kappa shape index (κ3) is 3.61. The minimum absolute atomic E-state index is 0.152. The number of benzene rings is 3. The number of ether oxygens (including phenoxy) is 4. The first-order valence-electron chi connectivity index (χ1n) is 9.36. The van der Waals surface area contributed by atoms with Crippen molar-refractivity contribution in [1.29, 1.82) is 0 Å². The summed E-state index contributed by atoms with van der Waals surface area (Å²) in [5.74, 6) is 1.62. The lowest BCUT2D eigenvalue weighted by molar-refractivity contribution is 0.00426. The standard InChI is InChI=1S/C24H24O4/c1-25-21-12-8-19(9-13-21)24(28-17-23-16-27-23,18-6-4-3-5-7-18)20-10-14-22(26-2)15-11-20/h3-15,23H,16-17H2,1-2H3. The van der Waals surface area contributed by atoms with Crippen molar-refractivity contribution >= 4 is 0 Å². The van der Waals surface area contributed by atoms with Crippen LogP contribution in [0.2, 0.25) is 0 Å². The Morgan fingerprint density at radius 2 is 1.21 bits per heavy atom. The average molecular weight is 376 g/mol. The average Bonchev–Trinajstić information content (AvgIpc) is 3.60. The number of rotatable bonds is 8. The first kappa shape index (κ1) is 18.5. The van der Waals surface area contributed by atoms with Crippen LogP contribution < -0.4 is 9.47 Å². The Morgan fingerprint density at radius 3 is 1.64 bits per heavy atom. The van der Waals surface area contributed by atoms with Gasteiger partial charge >= 0.3 is 0 Å². The highest BCUT2D eigenvalue weighted by atomic mass is 16.6. The summed E-state index contributed by atoms with van der Waals surface area (Å²) < 4.78 is 22.8. The van der Waals surface area contributed by atoms with Gasteiger partial charge in [-0.25, -0.2) is 0 Å². The second-order valence-corrected chi connectivity index (χ2v) is 6.77. The lowest BCUT2D eigenvalue weighted by atomic mass is 9.80. The van der Waals surface area contributed by atoms with E-state index >= 15 is 0 Å². The van der Waals surface area contributed by atoms with E-state index in [4.69, 9.17) is 18.9 Å². The molecule has 0 amide bonds. The molecule has 0 spiro atoms. The Morgan fingerprint density at radius 1 is 0.750 bits per heavy atom. The molecule has 3 aromatic rings. The van der Waals surface area contributed by atoms with Crippen LogP contribution in [0.3, 0.4) is 0 Å². The van der Waals surface area contributed by atoms with E-state index in [0.717, 1.165) is 34.8 Å². The van der Waals surface area contributed by atoms with E-state index in [0.29, 0.717) is 6.61 Å². The largest absolute Gasteiger partial charge is 0.497 e. The molecule has 0 aliphatic carbocycles. The molecule has 0 bridgehead atoms. The van der Waals surface area contributed by atoms with Gasteiger partial charge in [0.2, 0.25) is 0 Å². The molecule has 1 heterocycles. The Hall–Kier alpha value is -2.82. The normalized spacial score (nSPS) is 15.9. The molecule has 1 unspecified atom stereocenters. The van der Waals surface area contributed by atoms with Crippen LogP contribution in [0.4, 0.5) is 0 Å². The van der Waals surface area contributed by atoms with Crippen LogP contribution in [0.5, 0.6) is 11.5 Å². The van der Waals surface area contributed by atoms with Crippen molar-refractivity contribution in [3.63, 3.8) is 0 Å². The van der Waals surface area contributed by atoms with Crippen molar-refractivity contribution in [1.82, 2.24) is 0 Å². The minimum Gasteiger partial charge on any atom is -0.497 e. The summed E-state index contributed by atoms with van der Waals surface area (Å²) >= 11 is 0. The molecule has 0 aromatic heterocycles. The van der Waals surface area contributed by atoms with Gasteiger partial charge in [-0.3, -0.25) is 0 Å². The van der Waals surface area contributed by atoms with Gasteiger partial charge in [0.1, 0.15) is 23.2 Å². The topological polar surface area (TPSA) is 40.2 Å². The van der Waals surface area contributed by atoms with Crippen molar-refractivity contribution in [2.45, 2.75) is 11.7 Å². The van der Waals surface area contributed by atoms with Crippen LogP contribution in [0.1, 0.15) is 16.7 Å². The Balaban J connectivity index is 1.88. The number of hydrogen-bond donors (Lipinski definition) is 0. The predicted molar refractivity (Wildman–Crippen MR) is 108 cm³/mol. The molecular formula is C24H24O4. The van der Waals surface area contributed by atoms with Gasteiger partial charge in [-0.1, -0.05) is 54.6 Å². The van der Waals surface area contributed by atoms with Crippen LogP contribution in [0, 0.1) is 0 Å². The van der Waals surface area contributed by atoms with Gasteiger partial charge in [0.05, 0.1) is 27.4 Å². The second kappa shape index (κ2) is 8.05. The smallest absolute Gasteiger partial charge is 0.143 e. The number of hydrogen-bond acceptors (Lipinski definition) is 4. The zero-order chi connectivity index (χ0) is 19.4. The van der Waals surface area contributed by atoms with Crippen molar-refractivity contribution in [3.8, 4) is 11.5 Å². The van der Waals surface area contributed by atoms with E-state index in [1.165, 1.54) is 0 Å². The van der Waals surface area contributed by atoms with Gasteiger partial charge in [-0.2, -0.15) is 0 Å². The maximum absolute atomic E-state index is 6.65. The van der Waals surface area contributed by atoms with Gasteiger partial charge in [0, 0.05) is 0 Å². The quantitative estimate of drug-likeness (QED) is 0.431. The molecule has 1 atom stereocenters. The fourth-order valence-electron chi connectivity index (χ4n) is 3.46. The molecular weight excluding hydrogens is 352 g/mol. The number of methoxy groups -OCH3 is 2. The number of epoxide rings is 1. The fraction of sp³-hybridized carbons (Fsp3) is 0.250. The SMILES string of the molecule is COc1ccc(C(OCC2CO2)(c2ccccc2)c2ccc(OC)cc2)cc1. The van der Waals surface area contributed by atoms with Crippen LogP contribution in [-0.2, 0) is 15.1 Å². The van der Waals surface area contributed by atoms with E-state index in [2.05, 4.69) is 36.4 Å². The fourth-order valence-corrected chi connectivity index (χ4v) is 3.46. The third-order valence-electron chi connectivity index (χ3n) is 5.06. The van der Waals surface area contributed by atoms with E-state index < -0.39 is 5.60 Å². The molecule has 28 heavy (non-hydrogen) atoms. The molecule has 1 saturated heterocycles. The van der Waals surface area contributed by atoms with E-state index in [-0.39, 0.29) is 6.10 Å². The Bertz CT molecular complexity index is 837. The zero-order valence-electron chi connectivity index (χ0n) is 16.1. The van der Waals surface area contributed by atoms with Crippen molar-refractivity contribution in [3.05, 3.63) is 95.6 Å². The Kier molecular flexibility index (Phi) is 5.33. The molecule has 0 radical (unpaired) electrons. The molecule has 144 valence electrons. The van der Waals surface area contributed by atoms with E-state index in [9.17, 15) is 0 Å². The molecule has 1 fully saturated rings. The zero-order valence-corrected chi connectivity index (χ0v) is 16.1. The summed E-state index contributed by atoms with van der Waals surface area (Å²) in [5.41, 5.74) is 2.37. The molecule has 1 aliphatic heterocycles. The summed E-state index contributed by atoms with van der Waals surface area (Å²) in [5, 5.41) is 0. The summed E-state index contributed by atoms with van der Waals surface area (Å²) in [4.78, 5) is 0. The highest BCUT2D eigenvalue weighted by Gasteiger charge is 2.39. The van der Waals surface area contributed by atoms with Gasteiger partial charge < -0.3 is 18.9 Å². The van der Waals surface area contributed by atoms with Gasteiger partial charge in [-0.05, 0) is 41.0 Å². The van der Waals surface area contributed by atoms with Gasteiger partial charge in [0.15, 0.2) is 0 Å². The lowest BCUT2D eigenvalue weighted by Crippen LogP contribution is -2.34. The van der Waals surface area contributed by atoms with Crippen molar-refractivity contribution < 1.29 is 18.9 Å². The minimum atomic E-state index is -0.758. The van der Waals surface area contributed by atoms with Gasteiger partial charge in [0.25, 0.3) is 0 Å². The summed E-state index contributed by atoms with van der Waals surface area (Å²) in [6.45, 7) is 1.27. The molecule has 3 aromatic carbocycles. The highest BCUT2D eigenvalue weighted by Crippen LogP contribution is 2.42. The summed E-state index contributed by atoms with van der Waals surface area (Å²) in [6.07, 6.45) is 0.152. The van der Waals surface area contributed by atoms with Gasteiger partial charge in [-0.15, -0.1) is 0 Å². The summed E-state index contributed by atoms with van der Waals surface area (Å²) in [7, 11) is 3.34. The third-order valence-corrected chi connectivity index (χ3v) is 5.06. The Labute approximate surface area is 165 Å². The van der Waals surface area contributed by atoms with Crippen molar-refractivity contribution in [2.24, 2.45) is 0 Å². The molecule has 4 rings (SSSR count). The summed E-state index contributed by atoms with van der Waals surface area (Å²) in [6, 6.07) is 26.4. The van der Waals surface area contributed by atoms with Crippen LogP contribution in [-0.4, -0.2) is 33.5 Å². The van der Waals surface area contributed by atoms with E-state index in [1.54, 1.807) is 14.2 Å². The molecule has 4 nitrogen and oxygen atoms in total. The van der Waals surface area contributed by atoms with E-state index in [1.807, 2.05) is 42.5 Å². The highest BCUT2D eigenvalue weighted by molar-refractivity contribution is 5.49. The predicted octanol–water partition coefficient (Wildman–Crippen LogP) is 4.41. The monoisotopic (exact) mass is 376 g/mol. The first-order valence-corrected chi connectivity index (χ1v) is 9.36.